The van der Waals surface area contributed by atoms with Crippen molar-refractivity contribution in [2.45, 2.75) is 23.8 Å². The molecule has 1 N–H and O–H groups in total. The number of aromatic nitrogens is 2. The van der Waals surface area contributed by atoms with Gasteiger partial charge in [-0.05, 0) is 37.1 Å². The Labute approximate surface area is 167 Å². The second-order valence-corrected chi connectivity index (χ2v) is 8.94. The van der Waals surface area contributed by atoms with Gasteiger partial charge < -0.3 is 14.5 Å². The smallest absolute Gasteiger partial charge is 0.258 e. The third-order valence-electron chi connectivity index (χ3n) is 5.27. The van der Waals surface area contributed by atoms with E-state index in [0.29, 0.717) is 60.8 Å². The Kier molecular flexibility index (Phi) is 4.29. The molecule has 2 aromatic carbocycles. The highest BCUT2D eigenvalue weighted by molar-refractivity contribution is 7.89. The van der Waals surface area contributed by atoms with Crippen LogP contribution in [0, 0.1) is 0 Å². The van der Waals surface area contributed by atoms with Crippen LogP contribution in [-0.2, 0) is 10.0 Å². The summed E-state index contributed by atoms with van der Waals surface area (Å²) in [6.07, 6.45) is 1.27. The van der Waals surface area contributed by atoms with Crippen molar-refractivity contribution in [1.82, 2.24) is 14.3 Å². The Morgan fingerprint density at radius 3 is 2.72 bits per heavy atom. The largest absolute Gasteiger partial charge is 0.486 e. The lowest BCUT2D eigenvalue weighted by atomic mass is 10.2. The topological polar surface area (TPSA) is 102 Å². The standard InChI is InChI=1S/C20H19N3O5S/c24-20-14-4-1-2-5-15(14)21-19(22-20)16-6-3-9-23(16)29(25,26)13-7-8-17-18(12-13)28-11-10-27-17/h1-2,4-5,7-8,12,16H,3,6,9-11H2,(H,21,22,24). The monoisotopic (exact) mass is 413 g/mol. The Morgan fingerprint density at radius 2 is 1.86 bits per heavy atom. The summed E-state index contributed by atoms with van der Waals surface area (Å²) < 4.78 is 39.1. The van der Waals surface area contributed by atoms with Gasteiger partial charge in [-0.3, -0.25) is 4.79 Å². The van der Waals surface area contributed by atoms with E-state index in [9.17, 15) is 13.2 Å². The zero-order chi connectivity index (χ0) is 20.0. The van der Waals surface area contributed by atoms with E-state index in [1.165, 1.54) is 16.4 Å². The summed E-state index contributed by atoms with van der Waals surface area (Å²) in [5.74, 6) is 1.33. The average molecular weight is 413 g/mol. The molecule has 1 fully saturated rings. The lowest BCUT2D eigenvalue weighted by molar-refractivity contribution is 0.171. The van der Waals surface area contributed by atoms with Crippen LogP contribution in [0.4, 0.5) is 0 Å². The van der Waals surface area contributed by atoms with Crippen molar-refractivity contribution in [1.29, 1.82) is 0 Å². The zero-order valence-corrected chi connectivity index (χ0v) is 16.3. The van der Waals surface area contributed by atoms with Gasteiger partial charge in [0, 0.05) is 12.6 Å². The minimum absolute atomic E-state index is 0.136. The van der Waals surface area contributed by atoms with E-state index >= 15 is 0 Å². The SMILES string of the molecule is O=c1[nH]c(C2CCCN2S(=O)(=O)c2ccc3c(c2)OCCO3)nc2ccccc12. The highest BCUT2D eigenvalue weighted by atomic mass is 32.2. The van der Waals surface area contributed by atoms with Crippen LogP contribution in [0.5, 0.6) is 11.5 Å². The molecule has 2 aliphatic heterocycles. The van der Waals surface area contributed by atoms with Gasteiger partial charge in [-0.25, -0.2) is 13.4 Å². The predicted molar refractivity (Wildman–Crippen MR) is 106 cm³/mol. The van der Waals surface area contributed by atoms with Crippen molar-refractivity contribution in [3.8, 4) is 11.5 Å². The van der Waals surface area contributed by atoms with Crippen LogP contribution in [0.2, 0.25) is 0 Å². The highest BCUT2D eigenvalue weighted by Crippen LogP contribution is 2.38. The summed E-state index contributed by atoms with van der Waals surface area (Å²) >= 11 is 0. The first-order valence-electron chi connectivity index (χ1n) is 9.44. The number of hydrogen-bond donors (Lipinski definition) is 1. The molecule has 3 aromatic rings. The average Bonchev–Trinajstić information content (AvgIpc) is 3.24. The summed E-state index contributed by atoms with van der Waals surface area (Å²) in [6, 6.07) is 11.1. The molecule has 0 saturated carbocycles. The van der Waals surface area contributed by atoms with Crippen molar-refractivity contribution in [3.05, 3.63) is 58.6 Å². The maximum atomic E-state index is 13.4. The molecule has 9 heteroatoms. The van der Waals surface area contributed by atoms with Crippen molar-refractivity contribution in [2.24, 2.45) is 0 Å². The summed E-state index contributed by atoms with van der Waals surface area (Å²) in [5.41, 5.74) is 0.281. The van der Waals surface area contributed by atoms with Gasteiger partial charge >= 0.3 is 0 Å². The van der Waals surface area contributed by atoms with E-state index in [0.717, 1.165) is 0 Å². The normalized spacial score (nSPS) is 19.5. The molecule has 0 spiro atoms. The lowest BCUT2D eigenvalue weighted by Crippen LogP contribution is -2.32. The van der Waals surface area contributed by atoms with Gasteiger partial charge in [0.1, 0.15) is 19.0 Å². The van der Waals surface area contributed by atoms with Gasteiger partial charge in [0.05, 0.1) is 21.8 Å². The molecule has 150 valence electrons. The Morgan fingerprint density at radius 1 is 1.07 bits per heavy atom. The van der Waals surface area contributed by atoms with E-state index in [1.807, 2.05) is 0 Å². The molecule has 1 atom stereocenters. The van der Waals surface area contributed by atoms with E-state index in [-0.39, 0.29) is 10.5 Å². The maximum Gasteiger partial charge on any atom is 0.258 e. The van der Waals surface area contributed by atoms with Crippen molar-refractivity contribution in [2.75, 3.05) is 19.8 Å². The number of nitrogens with one attached hydrogen (secondary N) is 1. The van der Waals surface area contributed by atoms with Crippen LogP contribution >= 0.6 is 0 Å². The molecule has 1 aromatic heterocycles. The van der Waals surface area contributed by atoms with Crippen LogP contribution in [0.1, 0.15) is 24.7 Å². The minimum Gasteiger partial charge on any atom is -0.486 e. The molecule has 3 heterocycles. The number of nitrogens with zero attached hydrogens (tertiary/aromatic N) is 2. The quantitative estimate of drug-likeness (QED) is 0.707. The van der Waals surface area contributed by atoms with Gasteiger partial charge in [0.2, 0.25) is 10.0 Å². The molecule has 0 radical (unpaired) electrons. The zero-order valence-electron chi connectivity index (χ0n) is 15.5. The van der Waals surface area contributed by atoms with Gasteiger partial charge in [0.15, 0.2) is 11.5 Å². The highest BCUT2D eigenvalue weighted by Gasteiger charge is 2.38. The molecule has 5 rings (SSSR count). The number of rotatable bonds is 3. The number of aromatic amines is 1. The third kappa shape index (κ3) is 3.06. The predicted octanol–water partition coefficient (Wildman–Crippen LogP) is 2.22. The van der Waals surface area contributed by atoms with Crippen LogP contribution < -0.4 is 15.0 Å². The molecule has 0 aliphatic carbocycles. The summed E-state index contributed by atoms with van der Waals surface area (Å²) in [5, 5.41) is 0.482. The summed E-state index contributed by atoms with van der Waals surface area (Å²) in [4.78, 5) is 19.9. The van der Waals surface area contributed by atoms with E-state index in [4.69, 9.17) is 9.47 Å². The lowest BCUT2D eigenvalue weighted by Gasteiger charge is -2.25. The molecule has 1 unspecified atom stereocenters. The van der Waals surface area contributed by atoms with Crippen LogP contribution in [0.25, 0.3) is 10.9 Å². The molecule has 2 aliphatic rings. The summed E-state index contributed by atoms with van der Waals surface area (Å²) in [7, 11) is -3.80. The second-order valence-electron chi connectivity index (χ2n) is 7.05. The molecular formula is C20H19N3O5S. The number of hydrogen-bond acceptors (Lipinski definition) is 6. The number of para-hydroxylation sites is 1. The first kappa shape index (κ1) is 18.1. The molecular weight excluding hydrogens is 394 g/mol. The minimum atomic E-state index is -3.80. The van der Waals surface area contributed by atoms with Crippen molar-refractivity contribution < 1.29 is 17.9 Å². The first-order chi connectivity index (χ1) is 14.0. The van der Waals surface area contributed by atoms with Crippen molar-refractivity contribution in [3.63, 3.8) is 0 Å². The van der Waals surface area contributed by atoms with Crippen LogP contribution in [-0.4, -0.2) is 42.4 Å². The van der Waals surface area contributed by atoms with Crippen molar-refractivity contribution >= 4 is 20.9 Å². The third-order valence-corrected chi connectivity index (χ3v) is 7.17. The van der Waals surface area contributed by atoms with E-state index < -0.39 is 16.1 Å². The fourth-order valence-electron chi connectivity index (χ4n) is 3.88. The summed E-state index contributed by atoms with van der Waals surface area (Å²) in [6.45, 7) is 1.18. The fraction of sp³-hybridized carbons (Fsp3) is 0.300. The number of fused-ring (bicyclic) bond motifs is 2. The second kappa shape index (κ2) is 6.85. The molecule has 1 saturated heterocycles. The first-order valence-corrected chi connectivity index (χ1v) is 10.9. The Bertz CT molecular complexity index is 1250. The van der Waals surface area contributed by atoms with Gasteiger partial charge in [0.25, 0.3) is 5.56 Å². The van der Waals surface area contributed by atoms with Crippen LogP contribution in [0.15, 0.2) is 52.2 Å². The number of H-pyrrole nitrogens is 1. The van der Waals surface area contributed by atoms with Gasteiger partial charge in [-0.2, -0.15) is 4.31 Å². The van der Waals surface area contributed by atoms with E-state index in [2.05, 4.69) is 9.97 Å². The Balaban J connectivity index is 1.54. The van der Waals surface area contributed by atoms with Gasteiger partial charge in [-0.1, -0.05) is 12.1 Å². The Hall–Kier alpha value is -2.91. The van der Waals surface area contributed by atoms with E-state index in [1.54, 1.807) is 30.3 Å². The number of ether oxygens (including phenoxy) is 2. The fourth-order valence-corrected chi connectivity index (χ4v) is 5.56. The molecule has 29 heavy (non-hydrogen) atoms. The maximum absolute atomic E-state index is 13.4. The van der Waals surface area contributed by atoms with Gasteiger partial charge in [-0.15, -0.1) is 0 Å². The van der Waals surface area contributed by atoms with Crippen LogP contribution in [0.3, 0.4) is 0 Å². The molecule has 0 bridgehead atoms. The molecule has 0 amide bonds. The number of benzene rings is 2. The number of sulfonamides is 1. The molecule has 8 nitrogen and oxygen atoms in total.